The molecule has 1 unspecified atom stereocenters. The molecule has 0 aromatic heterocycles. The van der Waals surface area contributed by atoms with Crippen LogP contribution in [0.4, 0.5) is 0 Å². The Bertz CT molecular complexity index is 2290. The lowest BCUT2D eigenvalue weighted by molar-refractivity contribution is 0.674. The number of aliphatic imine (C=N–C) groups is 2. The van der Waals surface area contributed by atoms with Crippen molar-refractivity contribution in [2.75, 3.05) is 0 Å². The summed E-state index contributed by atoms with van der Waals surface area (Å²) in [5, 5.41) is 3.62. The van der Waals surface area contributed by atoms with Crippen LogP contribution in [-0.4, -0.2) is 11.7 Å². The molecule has 0 saturated heterocycles. The fourth-order valence-electron chi connectivity index (χ4n) is 7.67. The van der Waals surface area contributed by atoms with Crippen LogP contribution in [0, 0.1) is 0 Å². The Balaban J connectivity index is 1.19. The van der Waals surface area contributed by atoms with Crippen LogP contribution in [0.25, 0.3) is 22.3 Å². The van der Waals surface area contributed by atoms with Crippen molar-refractivity contribution in [1.29, 1.82) is 0 Å². The van der Waals surface area contributed by atoms with Gasteiger partial charge in [0.25, 0.3) is 0 Å². The molecule has 9 rings (SSSR count). The molecule has 0 spiro atoms. The van der Waals surface area contributed by atoms with Crippen LogP contribution in [0.15, 0.2) is 198 Å². The van der Waals surface area contributed by atoms with Crippen LogP contribution in [0.2, 0.25) is 0 Å². The third-order valence-electron chi connectivity index (χ3n) is 9.83. The molecule has 49 heavy (non-hydrogen) atoms. The normalized spacial score (nSPS) is 15.7. The Morgan fingerprint density at radius 3 is 1.63 bits per heavy atom. The third-order valence-corrected chi connectivity index (χ3v) is 9.83. The van der Waals surface area contributed by atoms with Gasteiger partial charge in [-0.2, -0.15) is 0 Å². The smallest absolute Gasteiger partial charge is 0.159 e. The summed E-state index contributed by atoms with van der Waals surface area (Å²) in [7, 11) is 0. The second-order valence-corrected chi connectivity index (χ2v) is 12.6. The molecule has 0 radical (unpaired) electrons. The van der Waals surface area contributed by atoms with Gasteiger partial charge in [0.2, 0.25) is 0 Å². The van der Waals surface area contributed by atoms with Gasteiger partial charge in [0, 0.05) is 11.1 Å². The van der Waals surface area contributed by atoms with Gasteiger partial charge >= 0.3 is 0 Å². The maximum Gasteiger partial charge on any atom is 0.159 e. The molecular weight excluding hydrogens is 595 g/mol. The van der Waals surface area contributed by atoms with Crippen molar-refractivity contribution in [1.82, 2.24) is 5.32 Å². The highest BCUT2D eigenvalue weighted by molar-refractivity contribution is 6.13. The summed E-state index contributed by atoms with van der Waals surface area (Å²) in [5.74, 6) is 1.53. The summed E-state index contributed by atoms with van der Waals surface area (Å²) in [6, 6.07) is 67.1. The molecule has 1 aliphatic carbocycles. The minimum Gasteiger partial charge on any atom is -0.344 e. The predicted molar refractivity (Wildman–Crippen MR) is 201 cm³/mol. The van der Waals surface area contributed by atoms with Gasteiger partial charge in [-0.15, -0.1) is 0 Å². The van der Waals surface area contributed by atoms with Crippen LogP contribution in [0.5, 0.6) is 0 Å². The number of amidine groups is 2. The highest BCUT2D eigenvalue weighted by atomic mass is 15.2. The molecular formula is C46H33N3. The molecule has 2 aliphatic rings. The van der Waals surface area contributed by atoms with Gasteiger partial charge in [-0.1, -0.05) is 188 Å². The van der Waals surface area contributed by atoms with Crippen molar-refractivity contribution >= 4 is 11.7 Å². The summed E-state index contributed by atoms with van der Waals surface area (Å²) in [5.41, 5.74) is 12.7. The summed E-state index contributed by atoms with van der Waals surface area (Å²) in [6.07, 6.45) is -0.239. The zero-order valence-electron chi connectivity index (χ0n) is 26.9. The first-order valence-corrected chi connectivity index (χ1v) is 16.8. The van der Waals surface area contributed by atoms with E-state index in [4.69, 9.17) is 9.98 Å². The molecule has 0 saturated carbocycles. The first kappa shape index (κ1) is 28.9. The van der Waals surface area contributed by atoms with Crippen molar-refractivity contribution in [3.63, 3.8) is 0 Å². The van der Waals surface area contributed by atoms with Gasteiger partial charge in [-0.3, -0.25) is 0 Å². The molecule has 0 amide bonds. The van der Waals surface area contributed by atoms with Crippen molar-refractivity contribution in [3.05, 3.63) is 227 Å². The molecule has 3 nitrogen and oxygen atoms in total. The van der Waals surface area contributed by atoms with E-state index in [2.05, 4.69) is 169 Å². The van der Waals surface area contributed by atoms with Crippen molar-refractivity contribution < 1.29 is 0 Å². The molecule has 0 bridgehead atoms. The summed E-state index contributed by atoms with van der Waals surface area (Å²) in [6.45, 7) is 0. The van der Waals surface area contributed by atoms with Crippen LogP contribution in [0.1, 0.15) is 45.1 Å². The lowest BCUT2D eigenvalue weighted by atomic mass is 9.66. The first-order valence-electron chi connectivity index (χ1n) is 16.8. The Kier molecular flexibility index (Phi) is 7.09. The average molecular weight is 628 g/mol. The zero-order valence-corrected chi connectivity index (χ0v) is 26.9. The number of rotatable bonds is 6. The molecule has 1 atom stereocenters. The molecule has 1 aliphatic heterocycles. The van der Waals surface area contributed by atoms with Gasteiger partial charge in [0.1, 0.15) is 12.0 Å². The fourth-order valence-corrected chi connectivity index (χ4v) is 7.67. The lowest BCUT2D eigenvalue weighted by Gasteiger charge is -2.35. The quantitative estimate of drug-likeness (QED) is 0.196. The fraction of sp³-hybridized carbons (Fsp3) is 0.0435. The van der Waals surface area contributed by atoms with Gasteiger partial charge < -0.3 is 5.32 Å². The number of benzene rings is 7. The van der Waals surface area contributed by atoms with E-state index in [1.54, 1.807) is 0 Å². The summed E-state index contributed by atoms with van der Waals surface area (Å²) < 4.78 is 0. The van der Waals surface area contributed by atoms with Gasteiger partial charge in [0.15, 0.2) is 5.84 Å². The Labute approximate surface area is 287 Å². The van der Waals surface area contributed by atoms with Gasteiger partial charge in [0.05, 0.1) is 5.41 Å². The van der Waals surface area contributed by atoms with Crippen LogP contribution < -0.4 is 5.32 Å². The Hall–Kier alpha value is -6.32. The van der Waals surface area contributed by atoms with E-state index in [1.165, 1.54) is 38.9 Å². The van der Waals surface area contributed by atoms with Gasteiger partial charge in [-0.25, -0.2) is 9.98 Å². The highest BCUT2D eigenvalue weighted by Crippen LogP contribution is 2.58. The first-order chi connectivity index (χ1) is 24.3. The number of hydrogen-bond acceptors (Lipinski definition) is 3. The minimum atomic E-state index is -0.470. The molecule has 1 N–H and O–H groups in total. The Morgan fingerprint density at radius 1 is 0.429 bits per heavy atom. The number of nitrogens with one attached hydrogen (secondary N) is 1. The van der Waals surface area contributed by atoms with E-state index >= 15 is 0 Å². The van der Waals surface area contributed by atoms with E-state index in [9.17, 15) is 0 Å². The second-order valence-electron chi connectivity index (χ2n) is 12.6. The SMILES string of the molecule is c1ccc(C2=NC(c3ccccc3)NC(c3ccc(-c4cccc5c4C(c4ccccc4)(c4ccccc4)c4ccccc4-5)cc3)=N2)cc1. The predicted octanol–water partition coefficient (Wildman–Crippen LogP) is 10.2. The maximum absolute atomic E-state index is 5.04. The molecule has 232 valence electrons. The van der Waals surface area contributed by atoms with Crippen LogP contribution >= 0.6 is 0 Å². The van der Waals surface area contributed by atoms with Crippen LogP contribution in [0.3, 0.4) is 0 Å². The highest BCUT2D eigenvalue weighted by Gasteiger charge is 2.47. The van der Waals surface area contributed by atoms with Crippen molar-refractivity contribution in [2.45, 2.75) is 11.6 Å². The van der Waals surface area contributed by atoms with E-state index < -0.39 is 5.41 Å². The third kappa shape index (κ3) is 4.82. The summed E-state index contributed by atoms with van der Waals surface area (Å²) in [4.78, 5) is 10.1. The number of fused-ring (bicyclic) bond motifs is 3. The van der Waals surface area contributed by atoms with Gasteiger partial charge in [-0.05, 0) is 50.1 Å². The summed E-state index contributed by atoms with van der Waals surface area (Å²) >= 11 is 0. The largest absolute Gasteiger partial charge is 0.344 e. The second kappa shape index (κ2) is 12.0. The lowest BCUT2D eigenvalue weighted by Crippen LogP contribution is -2.33. The average Bonchev–Trinajstić information content (AvgIpc) is 3.50. The van der Waals surface area contributed by atoms with Crippen LogP contribution in [-0.2, 0) is 5.41 Å². The number of nitrogens with zero attached hydrogens (tertiary/aromatic N) is 2. The molecule has 7 aromatic carbocycles. The van der Waals surface area contributed by atoms with E-state index in [-0.39, 0.29) is 6.17 Å². The maximum atomic E-state index is 5.04. The van der Waals surface area contributed by atoms with Crippen molar-refractivity contribution in [3.8, 4) is 22.3 Å². The molecule has 3 heteroatoms. The molecule has 0 fully saturated rings. The molecule has 1 heterocycles. The van der Waals surface area contributed by atoms with E-state index in [0.717, 1.165) is 33.9 Å². The monoisotopic (exact) mass is 627 g/mol. The molecule has 7 aromatic rings. The van der Waals surface area contributed by atoms with Crippen molar-refractivity contribution in [2.24, 2.45) is 9.98 Å². The standard InChI is InChI=1S/C46H33N3/c1-5-16-33(17-6-1)43-47-44(34-18-7-2-8-19-34)49-45(48-43)35-30-28-32(29-31-35)38-25-15-26-40-39-24-13-14-27-41(39)46(42(38)40,36-20-9-3-10-21-36)37-22-11-4-12-23-37/h1-31,43H,(H,47,48,49). The topological polar surface area (TPSA) is 36.8 Å². The number of hydrogen-bond donors (Lipinski definition) is 1. The Morgan fingerprint density at radius 2 is 0.959 bits per heavy atom. The zero-order chi connectivity index (χ0) is 32.6. The van der Waals surface area contributed by atoms with E-state index in [0.29, 0.717) is 0 Å². The minimum absolute atomic E-state index is 0.239. The van der Waals surface area contributed by atoms with E-state index in [1.807, 2.05) is 24.3 Å².